The van der Waals surface area contributed by atoms with E-state index in [0.717, 1.165) is 24.1 Å². The SMILES string of the molecule is COc1cc(C2C(C(=O)OCCc3ccccc3)=C(C)NC3=C2C(=O)CCC3)cc(OC)c1OC. The summed E-state index contributed by atoms with van der Waals surface area (Å²) in [5.74, 6) is 0.344. The second kappa shape index (κ2) is 10.7. The number of hydrogen-bond acceptors (Lipinski definition) is 7. The van der Waals surface area contributed by atoms with E-state index >= 15 is 0 Å². The van der Waals surface area contributed by atoms with E-state index in [2.05, 4.69) is 5.32 Å². The number of benzene rings is 2. The van der Waals surface area contributed by atoms with Crippen LogP contribution in [0.2, 0.25) is 0 Å². The van der Waals surface area contributed by atoms with Crippen LogP contribution in [0, 0.1) is 0 Å². The van der Waals surface area contributed by atoms with Crippen LogP contribution in [0.4, 0.5) is 0 Å². The molecule has 1 heterocycles. The number of Topliss-reactive ketones (excluding diaryl/α,β-unsaturated/α-hetero) is 1. The zero-order chi connectivity index (χ0) is 24.9. The summed E-state index contributed by atoms with van der Waals surface area (Å²) >= 11 is 0. The van der Waals surface area contributed by atoms with Gasteiger partial charge in [0, 0.05) is 35.7 Å². The van der Waals surface area contributed by atoms with Gasteiger partial charge in [-0.15, -0.1) is 0 Å². The van der Waals surface area contributed by atoms with Crippen molar-refractivity contribution in [3.05, 3.63) is 76.1 Å². The fourth-order valence-corrected chi connectivity index (χ4v) is 4.84. The van der Waals surface area contributed by atoms with Crippen molar-refractivity contribution < 1.29 is 28.5 Å². The second-order valence-electron chi connectivity index (χ2n) is 8.60. The van der Waals surface area contributed by atoms with E-state index in [-0.39, 0.29) is 12.4 Å². The highest BCUT2D eigenvalue weighted by molar-refractivity contribution is 6.03. The van der Waals surface area contributed by atoms with Gasteiger partial charge in [0.25, 0.3) is 0 Å². The average molecular weight is 478 g/mol. The number of methoxy groups -OCH3 is 3. The first kappa shape index (κ1) is 24.4. The van der Waals surface area contributed by atoms with Crippen molar-refractivity contribution >= 4 is 11.8 Å². The van der Waals surface area contributed by atoms with Crippen molar-refractivity contribution in [1.29, 1.82) is 0 Å². The van der Waals surface area contributed by atoms with Crippen molar-refractivity contribution in [2.75, 3.05) is 27.9 Å². The molecule has 184 valence electrons. The van der Waals surface area contributed by atoms with Crippen molar-refractivity contribution in [3.8, 4) is 17.2 Å². The monoisotopic (exact) mass is 477 g/mol. The van der Waals surface area contributed by atoms with Crippen LogP contribution in [0.1, 0.15) is 43.2 Å². The molecule has 0 amide bonds. The molecule has 4 rings (SSSR count). The van der Waals surface area contributed by atoms with Crippen LogP contribution < -0.4 is 19.5 Å². The summed E-state index contributed by atoms with van der Waals surface area (Å²) in [5.41, 5.74) is 4.35. The lowest BCUT2D eigenvalue weighted by Gasteiger charge is -2.34. The summed E-state index contributed by atoms with van der Waals surface area (Å²) in [6.07, 6.45) is 2.57. The standard InChI is InChI=1S/C28H31NO6/c1-17-24(28(31)35-14-13-18-9-6-5-7-10-18)25(26-20(29-17)11-8-12-21(26)30)19-15-22(32-2)27(34-4)23(16-19)33-3/h5-7,9-10,15-16,25,29H,8,11-14H2,1-4H3. The molecule has 1 N–H and O–H groups in total. The molecule has 7 heteroatoms. The minimum absolute atomic E-state index is 0.0274. The van der Waals surface area contributed by atoms with Crippen molar-refractivity contribution in [2.45, 2.75) is 38.5 Å². The molecule has 2 aromatic rings. The van der Waals surface area contributed by atoms with E-state index in [0.29, 0.717) is 52.5 Å². The Balaban J connectivity index is 1.74. The normalized spacial score (nSPS) is 17.5. The number of rotatable bonds is 8. The van der Waals surface area contributed by atoms with E-state index in [1.54, 1.807) is 26.4 Å². The lowest BCUT2D eigenvalue weighted by molar-refractivity contribution is -0.139. The third-order valence-corrected chi connectivity index (χ3v) is 6.48. The Kier molecular flexibility index (Phi) is 7.44. The van der Waals surface area contributed by atoms with Gasteiger partial charge in [0.2, 0.25) is 5.75 Å². The zero-order valence-electron chi connectivity index (χ0n) is 20.6. The van der Waals surface area contributed by atoms with Crippen LogP contribution in [0.15, 0.2) is 65.0 Å². The molecule has 0 aromatic heterocycles. The number of ketones is 1. The third-order valence-electron chi connectivity index (χ3n) is 6.48. The maximum absolute atomic E-state index is 13.5. The number of dihydropyridines is 1. The minimum Gasteiger partial charge on any atom is -0.493 e. The lowest BCUT2D eigenvalue weighted by Crippen LogP contribution is -2.34. The van der Waals surface area contributed by atoms with Crippen LogP contribution in [-0.2, 0) is 20.7 Å². The van der Waals surface area contributed by atoms with Crippen LogP contribution in [0.3, 0.4) is 0 Å². The van der Waals surface area contributed by atoms with Gasteiger partial charge in [-0.05, 0) is 43.0 Å². The molecule has 0 bridgehead atoms. The van der Waals surface area contributed by atoms with Gasteiger partial charge in [0.1, 0.15) is 0 Å². The molecule has 35 heavy (non-hydrogen) atoms. The molecule has 2 aromatic carbocycles. The highest BCUT2D eigenvalue weighted by Gasteiger charge is 2.40. The van der Waals surface area contributed by atoms with Gasteiger partial charge < -0.3 is 24.3 Å². The summed E-state index contributed by atoms with van der Waals surface area (Å²) in [5, 5.41) is 3.32. The number of nitrogens with one attached hydrogen (secondary N) is 1. The fourth-order valence-electron chi connectivity index (χ4n) is 4.84. The minimum atomic E-state index is -0.600. The summed E-state index contributed by atoms with van der Waals surface area (Å²) in [4.78, 5) is 26.6. The molecule has 1 atom stereocenters. The van der Waals surface area contributed by atoms with E-state index in [9.17, 15) is 9.59 Å². The van der Waals surface area contributed by atoms with Crippen LogP contribution in [0.5, 0.6) is 17.2 Å². The summed E-state index contributed by atoms with van der Waals surface area (Å²) in [7, 11) is 4.62. The highest BCUT2D eigenvalue weighted by Crippen LogP contribution is 2.47. The van der Waals surface area contributed by atoms with E-state index in [1.807, 2.05) is 37.3 Å². The molecule has 1 unspecified atom stereocenters. The largest absolute Gasteiger partial charge is 0.493 e. The number of hydrogen-bond donors (Lipinski definition) is 1. The molecule has 0 saturated heterocycles. The molecule has 0 fully saturated rings. The number of esters is 1. The molecular weight excluding hydrogens is 446 g/mol. The first-order chi connectivity index (χ1) is 17.0. The molecule has 0 radical (unpaired) electrons. The lowest BCUT2D eigenvalue weighted by atomic mass is 9.75. The predicted molar refractivity (Wildman–Crippen MR) is 132 cm³/mol. The number of ether oxygens (including phenoxy) is 4. The molecule has 0 spiro atoms. The maximum atomic E-state index is 13.5. The Morgan fingerprint density at radius 3 is 2.31 bits per heavy atom. The van der Waals surface area contributed by atoms with Gasteiger partial charge in [0.05, 0.1) is 33.5 Å². The number of carbonyl (C=O) groups is 2. The molecule has 1 aliphatic carbocycles. The van der Waals surface area contributed by atoms with Gasteiger partial charge >= 0.3 is 5.97 Å². The fraction of sp³-hybridized carbons (Fsp3) is 0.357. The van der Waals surface area contributed by atoms with E-state index < -0.39 is 11.9 Å². The van der Waals surface area contributed by atoms with Crippen molar-refractivity contribution in [2.24, 2.45) is 0 Å². The van der Waals surface area contributed by atoms with Crippen molar-refractivity contribution in [1.82, 2.24) is 5.32 Å². The average Bonchev–Trinajstić information content (AvgIpc) is 2.87. The molecule has 7 nitrogen and oxygen atoms in total. The van der Waals surface area contributed by atoms with Gasteiger partial charge in [0.15, 0.2) is 17.3 Å². The quantitative estimate of drug-likeness (QED) is 0.562. The van der Waals surface area contributed by atoms with Gasteiger partial charge in [-0.3, -0.25) is 4.79 Å². The van der Waals surface area contributed by atoms with Crippen LogP contribution >= 0.6 is 0 Å². The molecular formula is C28H31NO6. The van der Waals surface area contributed by atoms with Gasteiger partial charge in [-0.2, -0.15) is 0 Å². The Morgan fingerprint density at radius 1 is 1.00 bits per heavy atom. The van der Waals surface area contributed by atoms with E-state index in [1.165, 1.54) is 7.11 Å². The third kappa shape index (κ3) is 4.90. The van der Waals surface area contributed by atoms with Crippen LogP contribution in [-0.4, -0.2) is 39.7 Å². The van der Waals surface area contributed by atoms with Crippen molar-refractivity contribution in [3.63, 3.8) is 0 Å². The molecule has 2 aliphatic rings. The van der Waals surface area contributed by atoms with Crippen LogP contribution in [0.25, 0.3) is 0 Å². The maximum Gasteiger partial charge on any atom is 0.336 e. The van der Waals surface area contributed by atoms with Gasteiger partial charge in [-0.1, -0.05) is 30.3 Å². The first-order valence-corrected chi connectivity index (χ1v) is 11.7. The summed E-state index contributed by atoms with van der Waals surface area (Å²) in [6, 6.07) is 13.5. The molecule has 1 aliphatic heterocycles. The Bertz CT molecular complexity index is 1160. The van der Waals surface area contributed by atoms with E-state index in [4.69, 9.17) is 18.9 Å². The number of carbonyl (C=O) groups excluding carboxylic acids is 2. The smallest absolute Gasteiger partial charge is 0.336 e. The second-order valence-corrected chi connectivity index (χ2v) is 8.60. The topological polar surface area (TPSA) is 83.1 Å². The molecule has 0 saturated carbocycles. The number of allylic oxidation sites excluding steroid dienone is 3. The Morgan fingerprint density at radius 2 is 1.69 bits per heavy atom. The summed E-state index contributed by atoms with van der Waals surface area (Å²) < 4.78 is 22.3. The Hall–Kier alpha value is -3.74. The highest BCUT2D eigenvalue weighted by atomic mass is 16.5. The zero-order valence-corrected chi connectivity index (χ0v) is 20.6. The Labute approximate surface area is 205 Å². The predicted octanol–water partition coefficient (Wildman–Crippen LogP) is 4.47. The first-order valence-electron chi connectivity index (χ1n) is 11.7. The van der Waals surface area contributed by atoms with Gasteiger partial charge in [-0.25, -0.2) is 4.79 Å². The summed E-state index contributed by atoms with van der Waals surface area (Å²) in [6.45, 7) is 2.09.